The molecule has 0 spiro atoms. The average molecular weight is 514 g/mol. The summed E-state index contributed by atoms with van der Waals surface area (Å²) in [6.07, 6.45) is -0.0835. The number of ether oxygens (including phenoxy) is 1. The smallest absolute Gasteiger partial charge is 0.411 e. The molecule has 38 heavy (non-hydrogen) atoms. The molecule has 3 amide bonds. The van der Waals surface area contributed by atoms with Crippen LogP contribution in [0.2, 0.25) is 0 Å². The van der Waals surface area contributed by atoms with E-state index in [2.05, 4.69) is 10.6 Å². The molecule has 0 bridgehead atoms. The number of benzene rings is 3. The molecule has 4 aromatic rings. The van der Waals surface area contributed by atoms with Gasteiger partial charge in [-0.2, -0.15) is 0 Å². The summed E-state index contributed by atoms with van der Waals surface area (Å²) < 4.78 is 24.1. The number of amides is 3. The van der Waals surface area contributed by atoms with Gasteiger partial charge in [0.2, 0.25) is 5.91 Å². The Balaban J connectivity index is 1.36. The van der Waals surface area contributed by atoms with E-state index in [0.29, 0.717) is 16.8 Å². The van der Waals surface area contributed by atoms with Crippen LogP contribution in [0.5, 0.6) is 0 Å². The van der Waals surface area contributed by atoms with Gasteiger partial charge in [-0.15, -0.1) is 0 Å². The topological polar surface area (TPSA) is 101 Å². The number of carbonyl (C=O) groups is 3. The first-order valence-corrected chi connectivity index (χ1v) is 12.0. The highest BCUT2D eigenvalue weighted by Gasteiger charge is 2.46. The minimum absolute atomic E-state index is 0.160. The van der Waals surface area contributed by atoms with Crippen LogP contribution in [0.4, 0.5) is 14.9 Å². The molecule has 192 valence electrons. The number of hydrogen-bond donors (Lipinski definition) is 2. The molecule has 1 aromatic heterocycles. The van der Waals surface area contributed by atoms with Gasteiger partial charge in [-0.25, -0.2) is 9.18 Å². The highest BCUT2D eigenvalue weighted by molar-refractivity contribution is 6.02. The largest absolute Gasteiger partial charge is 0.459 e. The van der Waals surface area contributed by atoms with Crippen molar-refractivity contribution in [2.75, 3.05) is 5.32 Å². The fourth-order valence-corrected chi connectivity index (χ4v) is 4.24. The maximum atomic E-state index is 13.4. The Bertz CT molecular complexity index is 1410. The zero-order valence-corrected chi connectivity index (χ0v) is 20.2. The van der Waals surface area contributed by atoms with E-state index in [0.717, 1.165) is 5.56 Å². The lowest BCUT2D eigenvalue weighted by Crippen LogP contribution is -2.46. The molecule has 8 nitrogen and oxygen atoms in total. The average Bonchev–Trinajstić information content (AvgIpc) is 3.58. The fraction of sp³-hybridized carbons (Fsp3) is 0.138. The number of anilines is 1. The van der Waals surface area contributed by atoms with Crippen molar-refractivity contribution in [2.24, 2.45) is 0 Å². The SMILES string of the molecule is O=C(Nc1ccc([C@H]2OC(=O)N(Cc3ccccc3)[C@@H]2C(=O)NCc2ccc(F)cc2)cc1)c1ccco1. The molecule has 2 N–H and O–H groups in total. The Kier molecular flexibility index (Phi) is 7.17. The summed E-state index contributed by atoms with van der Waals surface area (Å²) in [5.41, 5.74) is 2.66. The molecule has 1 aliphatic heterocycles. The second kappa shape index (κ2) is 11.0. The predicted molar refractivity (Wildman–Crippen MR) is 136 cm³/mol. The Morgan fingerprint density at radius 2 is 1.61 bits per heavy atom. The lowest BCUT2D eigenvalue weighted by atomic mass is 10.00. The van der Waals surface area contributed by atoms with Crippen molar-refractivity contribution >= 4 is 23.6 Å². The van der Waals surface area contributed by atoms with E-state index in [9.17, 15) is 18.8 Å². The molecule has 0 radical (unpaired) electrons. The second-order valence-corrected chi connectivity index (χ2v) is 8.76. The van der Waals surface area contributed by atoms with Gasteiger partial charge in [-0.1, -0.05) is 54.6 Å². The molecular formula is C29H24FN3O5. The van der Waals surface area contributed by atoms with Gasteiger partial charge in [0, 0.05) is 12.2 Å². The van der Waals surface area contributed by atoms with Crippen LogP contribution in [0.25, 0.3) is 0 Å². The number of rotatable bonds is 8. The van der Waals surface area contributed by atoms with Gasteiger partial charge >= 0.3 is 6.09 Å². The zero-order valence-electron chi connectivity index (χ0n) is 20.2. The van der Waals surface area contributed by atoms with E-state index >= 15 is 0 Å². The Morgan fingerprint density at radius 1 is 0.868 bits per heavy atom. The first kappa shape index (κ1) is 24.8. The van der Waals surface area contributed by atoms with Gasteiger partial charge in [0.05, 0.1) is 12.8 Å². The molecule has 0 saturated carbocycles. The van der Waals surface area contributed by atoms with E-state index in [1.54, 1.807) is 48.5 Å². The molecule has 1 fully saturated rings. The molecule has 2 atom stereocenters. The highest BCUT2D eigenvalue weighted by atomic mass is 19.1. The Morgan fingerprint density at radius 3 is 2.29 bits per heavy atom. The monoisotopic (exact) mass is 513 g/mol. The molecule has 5 rings (SSSR count). The summed E-state index contributed by atoms with van der Waals surface area (Å²) >= 11 is 0. The Labute approximate surface area is 218 Å². The number of halogens is 1. The molecule has 0 unspecified atom stereocenters. The minimum atomic E-state index is -0.952. The molecular weight excluding hydrogens is 489 g/mol. The first-order valence-electron chi connectivity index (χ1n) is 12.0. The summed E-state index contributed by atoms with van der Waals surface area (Å²) in [7, 11) is 0. The maximum Gasteiger partial charge on any atom is 0.411 e. The standard InChI is InChI=1S/C29H24FN3O5/c30-22-12-8-19(9-13-22)17-31-28(35)25-26(38-29(36)33(25)18-20-5-2-1-3-6-20)21-10-14-23(15-11-21)32-27(34)24-7-4-16-37-24/h1-16,25-26H,17-18H2,(H,31,35)(H,32,34)/t25-,26+/m0/s1. The fourth-order valence-electron chi connectivity index (χ4n) is 4.24. The highest BCUT2D eigenvalue weighted by Crippen LogP contribution is 2.34. The zero-order chi connectivity index (χ0) is 26.5. The first-order chi connectivity index (χ1) is 18.5. The normalized spacial score (nSPS) is 16.7. The third-order valence-electron chi connectivity index (χ3n) is 6.17. The molecule has 9 heteroatoms. The number of carbonyl (C=O) groups excluding carboxylic acids is 3. The summed E-state index contributed by atoms with van der Waals surface area (Å²) in [5, 5.41) is 5.58. The number of furan rings is 1. The van der Waals surface area contributed by atoms with Gasteiger partial charge in [-0.05, 0) is 53.1 Å². The number of nitrogens with one attached hydrogen (secondary N) is 2. The third-order valence-corrected chi connectivity index (χ3v) is 6.17. The van der Waals surface area contributed by atoms with Crippen molar-refractivity contribution in [1.29, 1.82) is 0 Å². The number of cyclic esters (lactones) is 1. The molecule has 3 aromatic carbocycles. The molecule has 2 heterocycles. The van der Waals surface area contributed by atoms with Gasteiger partial charge in [0.1, 0.15) is 5.82 Å². The van der Waals surface area contributed by atoms with Crippen molar-refractivity contribution in [3.8, 4) is 0 Å². The van der Waals surface area contributed by atoms with Gasteiger partial charge in [0.25, 0.3) is 5.91 Å². The second-order valence-electron chi connectivity index (χ2n) is 8.76. The van der Waals surface area contributed by atoms with Crippen LogP contribution >= 0.6 is 0 Å². The van der Waals surface area contributed by atoms with Crippen LogP contribution in [0.1, 0.15) is 33.3 Å². The van der Waals surface area contributed by atoms with Crippen molar-refractivity contribution in [3.05, 3.63) is 126 Å². The van der Waals surface area contributed by atoms with Gasteiger partial charge in [-0.3, -0.25) is 14.5 Å². The van der Waals surface area contributed by atoms with Crippen LogP contribution in [0.3, 0.4) is 0 Å². The quantitative estimate of drug-likeness (QED) is 0.343. The van der Waals surface area contributed by atoms with Gasteiger partial charge < -0.3 is 19.8 Å². The molecule has 1 saturated heterocycles. The van der Waals surface area contributed by atoms with E-state index in [4.69, 9.17) is 9.15 Å². The number of nitrogens with zero attached hydrogens (tertiary/aromatic N) is 1. The van der Waals surface area contributed by atoms with Crippen LogP contribution in [-0.2, 0) is 22.6 Å². The van der Waals surface area contributed by atoms with Crippen molar-refractivity contribution in [1.82, 2.24) is 10.2 Å². The lowest BCUT2D eigenvalue weighted by Gasteiger charge is -2.24. The maximum absolute atomic E-state index is 13.4. The van der Waals surface area contributed by atoms with Crippen molar-refractivity contribution < 1.29 is 27.9 Å². The van der Waals surface area contributed by atoms with Crippen LogP contribution in [-0.4, -0.2) is 28.8 Å². The van der Waals surface area contributed by atoms with E-state index < -0.39 is 30.1 Å². The van der Waals surface area contributed by atoms with E-state index in [1.807, 2.05) is 30.3 Å². The van der Waals surface area contributed by atoms with E-state index in [-0.39, 0.29) is 24.7 Å². The predicted octanol–water partition coefficient (Wildman–Crippen LogP) is 5.05. The van der Waals surface area contributed by atoms with Crippen LogP contribution < -0.4 is 10.6 Å². The summed E-state index contributed by atoms with van der Waals surface area (Å²) in [6.45, 7) is 0.343. The van der Waals surface area contributed by atoms with E-state index in [1.165, 1.54) is 23.3 Å². The lowest BCUT2D eigenvalue weighted by molar-refractivity contribution is -0.126. The Hall–Kier alpha value is -4.92. The van der Waals surface area contributed by atoms with Crippen molar-refractivity contribution in [2.45, 2.75) is 25.2 Å². The summed E-state index contributed by atoms with van der Waals surface area (Å²) in [6, 6.07) is 24.1. The van der Waals surface area contributed by atoms with Gasteiger partial charge in [0.15, 0.2) is 17.9 Å². The third kappa shape index (κ3) is 5.57. The van der Waals surface area contributed by atoms with Crippen molar-refractivity contribution in [3.63, 3.8) is 0 Å². The summed E-state index contributed by atoms with van der Waals surface area (Å²) in [4.78, 5) is 40.0. The molecule has 1 aliphatic rings. The van der Waals surface area contributed by atoms with Crippen LogP contribution in [0, 0.1) is 5.82 Å². The van der Waals surface area contributed by atoms with Crippen LogP contribution in [0.15, 0.2) is 102 Å². The minimum Gasteiger partial charge on any atom is -0.459 e. The summed E-state index contributed by atoms with van der Waals surface area (Å²) in [5.74, 6) is -1.00. The molecule has 0 aliphatic carbocycles. The number of hydrogen-bond acceptors (Lipinski definition) is 5.